The molecule has 3 N–H and O–H groups in total. The van der Waals surface area contributed by atoms with Gasteiger partial charge >= 0.3 is 6.09 Å². The van der Waals surface area contributed by atoms with E-state index in [-0.39, 0.29) is 5.91 Å². The molecule has 0 heterocycles. The molecule has 1 aromatic rings. The first-order valence-electron chi connectivity index (χ1n) is 8.65. The molecule has 146 valence electrons. The third-order valence-electron chi connectivity index (χ3n) is 4.16. The van der Waals surface area contributed by atoms with Gasteiger partial charge < -0.3 is 20.5 Å². The quantitative estimate of drug-likeness (QED) is 0.529. The number of hydrogen-bond acceptors (Lipinski definition) is 4. The Balaban J connectivity index is 2.94. The molecule has 1 aromatic carbocycles. The number of aliphatic hydroxyl groups excluding tert-OH is 1. The second kappa shape index (κ2) is 10.1. The molecule has 0 unspecified atom stereocenters. The van der Waals surface area contributed by atoms with Crippen LogP contribution in [0.5, 0.6) is 0 Å². The van der Waals surface area contributed by atoms with Crippen LogP contribution in [0.1, 0.15) is 39.7 Å². The summed E-state index contributed by atoms with van der Waals surface area (Å²) >= 11 is 2.23. The largest absolute Gasteiger partial charge is 0.453 e. The monoisotopic (exact) mass is 476 g/mol. The Labute approximate surface area is 169 Å². The van der Waals surface area contributed by atoms with E-state index in [1.807, 2.05) is 52.0 Å². The van der Waals surface area contributed by atoms with Crippen molar-refractivity contribution in [3.63, 3.8) is 0 Å². The molecule has 1 rings (SSSR count). The van der Waals surface area contributed by atoms with E-state index >= 15 is 0 Å². The third kappa shape index (κ3) is 7.11. The molecule has 2 amide bonds. The Morgan fingerprint density at radius 3 is 2.23 bits per heavy atom. The first-order chi connectivity index (χ1) is 12.1. The summed E-state index contributed by atoms with van der Waals surface area (Å²) in [5, 5.41) is 15.9. The van der Waals surface area contributed by atoms with Crippen molar-refractivity contribution in [3.8, 4) is 0 Å². The van der Waals surface area contributed by atoms with Crippen LogP contribution in [0.4, 0.5) is 4.79 Å². The van der Waals surface area contributed by atoms with Gasteiger partial charge in [0.2, 0.25) is 5.91 Å². The number of carbonyl (C=O) groups excluding carboxylic acids is 2. The van der Waals surface area contributed by atoms with Crippen molar-refractivity contribution in [2.45, 2.75) is 58.7 Å². The van der Waals surface area contributed by atoms with E-state index in [0.717, 1.165) is 9.13 Å². The highest BCUT2D eigenvalue weighted by molar-refractivity contribution is 14.1. The van der Waals surface area contributed by atoms with E-state index in [1.54, 1.807) is 0 Å². The number of nitrogens with one attached hydrogen (secondary N) is 2. The van der Waals surface area contributed by atoms with Crippen LogP contribution in [0, 0.1) is 8.99 Å². The Kier molecular flexibility index (Phi) is 8.82. The topological polar surface area (TPSA) is 87.7 Å². The number of amides is 2. The van der Waals surface area contributed by atoms with Crippen LogP contribution in [0.2, 0.25) is 0 Å². The molecule has 0 fully saturated rings. The van der Waals surface area contributed by atoms with Gasteiger partial charge in [0.15, 0.2) is 0 Å². The van der Waals surface area contributed by atoms with Gasteiger partial charge in [0, 0.05) is 3.57 Å². The van der Waals surface area contributed by atoms with Gasteiger partial charge in [-0.2, -0.15) is 0 Å². The summed E-state index contributed by atoms with van der Waals surface area (Å²) in [7, 11) is 1.26. The lowest BCUT2D eigenvalue weighted by Crippen LogP contribution is -2.57. The zero-order valence-electron chi connectivity index (χ0n) is 16.0. The van der Waals surface area contributed by atoms with Gasteiger partial charge in [-0.3, -0.25) is 4.79 Å². The minimum absolute atomic E-state index is 0.342. The van der Waals surface area contributed by atoms with Crippen molar-refractivity contribution in [2.24, 2.45) is 5.41 Å². The molecule has 0 spiro atoms. The molecule has 6 nitrogen and oxygen atoms in total. The zero-order chi connectivity index (χ0) is 19.9. The van der Waals surface area contributed by atoms with E-state index in [1.165, 1.54) is 7.11 Å². The molecule has 0 bridgehead atoms. The van der Waals surface area contributed by atoms with Crippen LogP contribution in [0.3, 0.4) is 0 Å². The van der Waals surface area contributed by atoms with Crippen LogP contribution in [0.25, 0.3) is 0 Å². The minimum Gasteiger partial charge on any atom is -0.453 e. The summed E-state index contributed by atoms with van der Waals surface area (Å²) in [6.45, 7) is 7.44. The van der Waals surface area contributed by atoms with E-state index in [2.05, 4.69) is 38.0 Å². The van der Waals surface area contributed by atoms with Gasteiger partial charge in [-0.05, 0) is 58.5 Å². The average molecular weight is 476 g/mol. The van der Waals surface area contributed by atoms with Gasteiger partial charge in [0.1, 0.15) is 6.04 Å². The number of methoxy groups -OCH3 is 1. The zero-order valence-corrected chi connectivity index (χ0v) is 18.2. The smallest absolute Gasteiger partial charge is 0.407 e. The fourth-order valence-electron chi connectivity index (χ4n) is 2.56. The Bertz CT molecular complexity index is 599. The summed E-state index contributed by atoms with van der Waals surface area (Å²) in [4.78, 5) is 24.4. The van der Waals surface area contributed by atoms with E-state index in [9.17, 15) is 14.7 Å². The molecule has 0 aliphatic carbocycles. The third-order valence-corrected chi connectivity index (χ3v) is 4.87. The van der Waals surface area contributed by atoms with E-state index in [4.69, 9.17) is 0 Å². The van der Waals surface area contributed by atoms with Crippen molar-refractivity contribution < 1.29 is 19.4 Å². The standard InChI is InChI=1S/C19H29IN2O4/c1-6-15(23)14(11-12-7-9-13(20)10-8-12)21-17(24)16(19(2,3)4)22-18(25)26-5/h7-10,14-16,23H,6,11H2,1-5H3,(H,21,24)(H,22,25)/t14-,15-,16+/m0/s1. The van der Waals surface area contributed by atoms with Crippen LogP contribution in [0.15, 0.2) is 24.3 Å². The van der Waals surface area contributed by atoms with Gasteiger partial charge in [0.05, 0.1) is 19.3 Å². The molecule has 0 saturated carbocycles. The normalized spacial score (nSPS) is 14.9. The van der Waals surface area contributed by atoms with Crippen LogP contribution in [-0.4, -0.2) is 42.4 Å². The average Bonchev–Trinajstić information content (AvgIpc) is 2.58. The number of ether oxygens (including phenoxy) is 1. The van der Waals surface area contributed by atoms with Gasteiger partial charge in [0.25, 0.3) is 0 Å². The number of rotatable bonds is 7. The van der Waals surface area contributed by atoms with Crippen molar-refractivity contribution in [3.05, 3.63) is 33.4 Å². The molecule has 7 heteroatoms. The summed E-state index contributed by atoms with van der Waals surface area (Å²) in [6, 6.07) is 6.72. The Hall–Kier alpha value is -1.35. The number of aliphatic hydroxyl groups is 1. The van der Waals surface area contributed by atoms with Crippen LogP contribution >= 0.6 is 22.6 Å². The highest BCUT2D eigenvalue weighted by Gasteiger charge is 2.35. The SMILES string of the molecule is CC[C@H](O)[C@H](Cc1ccc(I)cc1)NC(=O)[C@@H](NC(=O)OC)C(C)(C)C. The number of alkyl carbamates (subject to hydrolysis) is 1. The minimum atomic E-state index is -0.779. The fourth-order valence-corrected chi connectivity index (χ4v) is 2.92. The molecular formula is C19H29IN2O4. The maximum atomic E-state index is 12.8. The van der Waals surface area contributed by atoms with Crippen molar-refractivity contribution in [2.75, 3.05) is 7.11 Å². The van der Waals surface area contributed by atoms with E-state index in [0.29, 0.717) is 12.8 Å². The first kappa shape index (κ1) is 22.7. The second-order valence-electron chi connectivity index (χ2n) is 7.36. The lowest BCUT2D eigenvalue weighted by atomic mass is 9.85. The summed E-state index contributed by atoms with van der Waals surface area (Å²) in [6.07, 6.45) is -0.325. The molecular weight excluding hydrogens is 447 g/mol. The van der Waals surface area contributed by atoms with Gasteiger partial charge in [-0.25, -0.2) is 4.79 Å². The van der Waals surface area contributed by atoms with Gasteiger partial charge in [-0.1, -0.05) is 39.8 Å². The first-order valence-corrected chi connectivity index (χ1v) is 9.73. The Morgan fingerprint density at radius 2 is 1.77 bits per heavy atom. The summed E-state index contributed by atoms with van der Waals surface area (Å²) in [5.74, 6) is -0.342. The lowest BCUT2D eigenvalue weighted by molar-refractivity contribution is -0.127. The second-order valence-corrected chi connectivity index (χ2v) is 8.60. The number of hydrogen-bond donors (Lipinski definition) is 3. The van der Waals surface area contributed by atoms with Crippen molar-refractivity contribution >= 4 is 34.6 Å². The number of benzene rings is 1. The van der Waals surface area contributed by atoms with Crippen LogP contribution in [-0.2, 0) is 16.0 Å². The highest BCUT2D eigenvalue weighted by atomic mass is 127. The van der Waals surface area contributed by atoms with Crippen LogP contribution < -0.4 is 10.6 Å². The van der Waals surface area contributed by atoms with Crippen molar-refractivity contribution in [1.82, 2.24) is 10.6 Å². The summed E-state index contributed by atoms with van der Waals surface area (Å²) in [5.41, 5.74) is 0.513. The fraction of sp³-hybridized carbons (Fsp3) is 0.579. The Morgan fingerprint density at radius 1 is 1.19 bits per heavy atom. The summed E-state index contributed by atoms with van der Waals surface area (Å²) < 4.78 is 5.75. The molecule has 0 saturated heterocycles. The predicted octanol–water partition coefficient (Wildman–Crippen LogP) is 2.86. The van der Waals surface area contributed by atoms with Gasteiger partial charge in [-0.15, -0.1) is 0 Å². The molecule has 0 aromatic heterocycles. The molecule has 3 atom stereocenters. The predicted molar refractivity (Wildman–Crippen MR) is 110 cm³/mol. The molecule has 0 aliphatic rings. The van der Waals surface area contributed by atoms with E-state index < -0.39 is 29.7 Å². The maximum Gasteiger partial charge on any atom is 0.407 e. The lowest BCUT2D eigenvalue weighted by Gasteiger charge is -2.32. The number of halogens is 1. The molecule has 26 heavy (non-hydrogen) atoms. The molecule has 0 radical (unpaired) electrons. The number of carbonyl (C=O) groups is 2. The maximum absolute atomic E-state index is 12.8. The van der Waals surface area contributed by atoms with Crippen molar-refractivity contribution in [1.29, 1.82) is 0 Å². The highest BCUT2D eigenvalue weighted by Crippen LogP contribution is 2.20. The molecule has 0 aliphatic heterocycles.